The lowest BCUT2D eigenvalue weighted by Gasteiger charge is -2.25. The summed E-state index contributed by atoms with van der Waals surface area (Å²) in [6, 6.07) is 5.69. The Bertz CT molecular complexity index is 687. The first kappa shape index (κ1) is 22.0. The van der Waals surface area contributed by atoms with Gasteiger partial charge in [-0.05, 0) is 11.1 Å². The van der Waals surface area contributed by atoms with E-state index in [9.17, 15) is 14.7 Å². The Kier molecular flexibility index (Phi) is 8.64. The van der Waals surface area contributed by atoms with Crippen molar-refractivity contribution in [2.24, 2.45) is 5.11 Å². The molecule has 10 heteroatoms. The molecule has 0 aromatic heterocycles. The van der Waals surface area contributed by atoms with Crippen LogP contribution in [-0.2, 0) is 16.1 Å². The van der Waals surface area contributed by atoms with E-state index in [4.69, 9.17) is 10.3 Å². The number of rotatable bonds is 8. The van der Waals surface area contributed by atoms with E-state index in [0.717, 1.165) is 4.90 Å². The monoisotopic (exact) mass is 398 g/mol. The third kappa shape index (κ3) is 7.47. The Labute approximate surface area is 160 Å². The van der Waals surface area contributed by atoms with Crippen LogP contribution in [0.1, 0.15) is 26.3 Å². The summed E-state index contributed by atoms with van der Waals surface area (Å²) in [5, 5.41) is 12.9. The minimum Gasteiger partial charge on any atom is -0.480 e. The molecule has 1 atom stereocenters. The van der Waals surface area contributed by atoms with Crippen LogP contribution < -0.4 is 0 Å². The summed E-state index contributed by atoms with van der Waals surface area (Å²) >= 11 is 0. The molecule has 0 saturated heterocycles. The Morgan fingerprint density at radius 2 is 2.04 bits per heavy atom. The summed E-state index contributed by atoms with van der Waals surface area (Å²) in [5.41, 5.74) is 9.45. The zero-order valence-corrected chi connectivity index (χ0v) is 16.7. The normalized spacial score (nSPS) is 12.0. The molecule has 0 spiro atoms. The Morgan fingerprint density at radius 1 is 1.38 bits per heavy atom. The largest absolute Gasteiger partial charge is 0.480 e. The fourth-order valence-corrected chi connectivity index (χ4v) is 4.34. The van der Waals surface area contributed by atoms with Crippen LogP contribution in [-0.4, -0.2) is 45.7 Å². The number of carboxylic acids is 1. The summed E-state index contributed by atoms with van der Waals surface area (Å²) in [5.74, 6) is -0.862. The molecule has 0 aliphatic heterocycles. The van der Waals surface area contributed by atoms with Crippen LogP contribution in [0.4, 0.5) is 10.5 Å². The van der Waals surface area contributed by atoms with Crippen LogP contribution in [0.5, 0.6) is 0 Å². The molecule has 142 valence electrons. The first-order chi connectivity index (χ1) is 12.2. The fourth-order valence-electron chi connectivity index (χ4n) is 1.77. The van der Waals surface area contributed by atoms with E-state index in [0.29, 0.717) is 11.3 Å². The smallest absolute Gasteiger partial charge is 0.410 e. The standard InChI is InChI=1S/C16H22N4O4S2/c1-16(2,3)26-25-10-13(14(21)22)20(4)15(23)24-9-11-7-5-6-8-12(11)18-19-17/h5-8,13H,9-10H2,1-4H3,(H,21,22). The van der Waals surface area contributed by atoms with E-state index in [1.165, 1.54) is 17.8 Å². The second-order valence-electron chi connectivity index (χ2n) is 6.32. The molecule has 1 amide bonds. The number of hydrogen-bond acceptors (Lipinski definition) is 6. The summed E-state index contributed by atoms with van der Waals surface area (Å²) in [7, 11) is 4.34. The third-order valence-electron chi connectivity index (χ3n) is 3.07. The van der Waals surface area contributed by atoms with Gasteiger partial charge < -0.3 is 9.84 Å². The highest BCUT2D eigenvalue weighted by Gasteiger charge is 2.28. The maximum atomic E-state index is 12.2. The second kappa shape index (κ2) is 10.2. The molecule has 1 aromatic rings. The molecule has 0 saturated carbocycles. The van der Waals surface area contributed by atoms with Crippen molar-refractivity contribution in [1.82, 2.24) is 4.90 Å². The van der Waals surface area contributed by atoms with Crippen LogP contribution in [0, 0.1) is 0 Å². The lowest BCUT2D eigenvalue weighted by molar-refractivity contribution is -0.141. The SMILES string of the molecule is CN(C(=O)OCc1ccccc1N=[N+]=[N-])C(CSSC(C)(C)C)C(=O)O. The molecule has 0 bridgehead atoms. The average molecular weight is 399 g/mol. The van der Waals surface area contributed by atoms with E-state index in [2.05, 4.69) is 10.0 Å². The van der Waals surface area contributed by atoms with Crippen molar-refractivity contribution >= 4 is 39.3 Å². The van der Waals surface area contributed by atoms with E-state index in [1.807, 2.05) is 20.8 Å². The lowest BCUT2D eigenvalue weighted by atomic mass is 10.2. The van der Waals surface area contributed by atoms with E-state index in [1.54, 1.807) is 35.1 Å². The van der Waals surface area contributed by atoms with Crippen molar-refractivity contribution in [3.63, 3.8) is 0 Å². The molecule has 0 aliphatic carbocycles. The average Bonchev–Trinajstić information content (AvgIpc) is 2.56. The van der Waals surface area contributed by atoms with Gasteiger partial charge in [-0.1, -0.05) is 71.7 Å². The molecule has 1 unspecified atom stereocenters. The summed E-state index contributed by atoms with van der Waals surface area (Å²) < 4.78 is 5.16. The van der Waals surface area contributed by atoms with Crippen molar-refractivity contribution in [1.29, 1.82) is 0 Å². The fraction of sp³-hybridized carbons (Fsp3) is 0.500. The van der Waals surface area contributed by atoms with E-state index in [-0.39, 0.29) is 17.1 Å². The lowest BCUT2D eigenvalue weighted by Crippen LogP contribution is -2.44. The van der Waals surface area contributed by atoms with Gasteiger partial charge in [0.05, 0.1) is 0 Å². The predicted molar refractivity (Wildman–Crippen MR) is 104 cm³/mol. The maximum Gasteiger partial charge on any atom is 0.410 e. The minimum absolute atomic E-state index is 0.0161. The van der Waals surface area contributed by atoms with Crippen molar-refractivity contribution in [3.05, 3.63) is 40.3 Å². The molecule has 0 radical (unpaired) electrons. The molecule has 0 heterocycles. The number of aliphatic carboxylic acids is 1. The number of ether oxygens (including phenoxy) is 1. The first-order valence-corrected chi connectivity index (χ1v) is 10.0. The minimum atomic E-state index is -1.10. The van der Waals surface area contributed by atoms with Gasteiger partial charge in [0.1, 0.15) is 12.6 Å². The number of hydrogen-bond donors (Lipinski definition) is 1. The van der Waals surface area contributed by atoms with Crippen LogP contribution in [0.2, 0.25) is 0 Å². The van der Waals surface area contributed by atoms with Crippen molar-refractivity contribution in [3.8, 4) is 0 Å². The zero-order chi connectivity index (χ0) is 19.7. The van der Waals surface area contributed by atoms with Gasteiger partial charge in [-0.15, -0.1) is 0 Å². The highest BCUT2D eigenvalue weighted by Crippen LogP contribution is 2.35. The Hall–Kier alpha value is -2.03. The molecular weight excluding hydrogens is 376 g/mol. The number of amides is 1. The van der Waals surface area contributed by atoms with Crippen molar-refractivity contribution in [2.45, 2.75) is 38.2 Å². The number of nitrogens with zero attached hydrogens (tertiary/aromatic N) is 4. The van der Waals surface area contributed by atoms with Gasteiger partial charge in [0, 0.05) is 28.1 Å². The maximum absolute atomic E-state index is 12.2. The van der Waals surface area contributed by atoms with Gasteiger partial charge in [-0.25, -0.2) is 9.59 Å². The topological polar surface area (TPSA) is 116 Å². The van der Waals surface area contributed by atoms with Gasteiger partial charge >= 0.3 is 12.1 Å². The molecule has 1 aromatic carbocycles. The summed E-state index contributed by atoms with van der Waals surface area (Å²) in [6.07, 6.45) is -0.755. The number of carbonyl (C=O) groups excluding carboxylic acids is 1. The van der Waals surface area contributed by atoms with Crippen LogP contribution in [0.15, 0.2) is 29.4 Å². The van der Waals surface area contributed by atoms with Gasteiger partial charge in [-0.2, -0.15) is 0 Å². The van der Waals surface area contributed by atoms with Gasteiger partial charge in [-0.3, -0.25) is 4.90 Å². The van der Waals surface area contributed by atoms with E-state index < -0.39 is 18.1 Å². The molecule has 26 heavy (non-hydrogen) atoms. The third-order valence-corrected chi connectivity index (χ3v) is 6.40. The molecular formula is C16H22N4O4S2. The first-order valence-electron chi connectivity index (χ1n) is 7.71. The second-order valence-corrected chi connectivity index (χ2v) is 9.49. The highest BCUT2D eigenvalue weighted by molar-refractivity contribution is 8.77. The van der Waals surface area contributed by atoms with Gasteiger partial charge in [0.25, 0.3) is 0 Å². The molecule has 1 rings (SSSR count). The van der Waals surface area contributed by atoms with Gasteiger partial charge in [0.2, 0.25) is 0 Å². The zero-order valence-electron chi connectivity index (χ0n) is 15.1. The predicted octanol–water partition coefficient (Wildman–Crippen LogP) is 4.83. The Morgan fingerprint density at radius 3 is 2.62 bits per heavy atom. The van der Waals surface area contributed by atoms with Crippen LogP contribution in [0.25, 0.3) is 10.4 Å². The van der Waals surface area contributed by atoms with E-state index >= 15 is 0 Å². The van der Waals surface area contributed by atoms with Crippen molar-refractivity contribution in [2.75, 3.05) is 12.8 Å². The Balaban J connectivity index is 2.69. The molecule has 8 nitrogen and oxygen atoms in total. The number of likely N-dealkylation sites (N-methyl/N-ethyl adjacent to an activating group) is 1. The number of carbonyl (C=O) groups is 2. The summed E-state index contributed by atoms with van der Waals surface area (Å²) in [4.78, 5) is 27.5. The van der Waals surface area contributed by atoms with Crippen LogP contribution >= 0.6 is 21.6 Å². The summed E-state index contributed by atoms with van der Waals surface area (Å²) in [6.45, 7) is 5.97. The number of benzene rings is 1. The quantitative estimate of drug-likeness (QED) is 0.290. The van der Waals surface area contributed by atoms with Gasteiger partial charge in [0.15, 0.2) is 0 Å². The number of carboxylic acid groups (broad SMARTS) is 1. The molecule has 1 N–H and O–H groups in total. The molecule has 0 aliphatic rings. The molecule has 0 fully saturated rings. The highest BCUT2D eigenvalue weighted by atomic mass is 33.1. The van der Waals surface area contributed by atoms with Crippen LogP contribution in [0.3, 0.4) is 0 Å². The number of azide groups is 1. The van der Waals surface area contributed by atoms with Crippen molar-refractivity contribution < 1.29 is 19.4 Å².